The number of nitrogen functional groups attached to an aromatic ring is 1. The smallest absolute Gasteiger partial charge is 0.378 e. The first kappa shape index (κ1) is 16.6. The molecular weight excluding hydrogens is 334 g/mol. The Bertz CT molecular complexity index is 889. The molecule has 5 N–H and O–H groups in total. The van der Waals surface area contributed by atoms with Crippen molar-refractivity contribution in [3.05, 3.63) is 20.9 Å². The van der Waals surface area contributed by atoms with Crippen LogP contribution in [0.1, 0.15) is 44.0 Å². The molecule has 1 amide bonds. The summed E-state index contributed by atoms with van der Waals surface area (Å²) in [6.07, 6.45) is 1.75. The highest BCUT2D eigenvalue weighted by Crippen LogP contribution is 2.25. The number of nitrogens with one attached hydrogen (secondary N) is 2. The van der Waals surface area contributed by atoms with Crippen molar-refractivity contribution in [1.29, 1.82) is 0 Å². The minimum Gasteiger partial charge on any atom is -0.477 e. The first-order chi connectivity index (χ1) is 11.1. The van der Waals surface area contributed by atoms with E-state index in [9.17, 15) is 14.7 Å². The molecule has 0 atom stereocenters. The molecule has 1 aliphatic carbocycles. The minimum atomic E-state index is -0.690. The zero-order valence-corrected chi connectivity index (χ0v) is 14.6. The molecule has 2 heterocycles. The number of fused-ring (bicyclic) bond motifs is 1. The number of aromatic nitrogens is 3. The summed E-state index contributed by atoms with van der Waals surface area (Å²) in [4.78, 5) is 25.1. The van der Waals surface area contributed by atoms with Crippen LogP contribution in [-0.2, 0) is 6.54 Å². The maximum Gasteiger partial charge on any atom is 0.378 e. The SMILES string of the molecule is CC(C)(C)C[n+]1c(O)c(C(=O)NC2CC2)c(=O)n2[nH]c(N)c(Cl)c21. The molecule has 0 spiro atoms. The quantitative estimate of drug-likeness (QED) is 0.610. The first-order valence-corrected chi connectivity index (χ1v) is 8.13. The lowest BCUT2D eigenvalue weighted by atomic mass is 9.96. The second kappa shape index (κ2) is 5.41. The van der Waals surface area contributed by atoms with Crippen LogP contribution >= 0.6 is 11.6 Å². The molecule has 0 aliphatic heterocycles. The van der Waals surface area contributed by atoms with E-state index in [1.165, 1.54) is 4.57 Å². The number of nitrogens with two attached hydrogens (primary N) is 1. The molecule has 2 aromatic rings. The number of carbonyl (C=O) groups excluding carboxylic acids is 1. The van der Waals surface area contributed by atoms with Crippen molar-refractivity contribution in [3.8, 4) is 5.88 Å². The van der Waals surface area contributed by atoms with Crippen molar-refractivity contribution in [2.24, 2.45) is 5.41 Å². The molecule has 0 saturated heterocycles. The first-order valence-electron chi connectivity index (χ1n) is 7.75. The van der Waals surface area contributed by atoms with Crippen LogP contribution in [0.25, 0.3) is 5.65 Å². The average molecular weight is 355 g/mol. The Hall–Kier alpha value is -2.22. The summed E-state index contributed by atoms with van der Waals surface area (Å²) < 4.78 is 2.54. The number of hydrogen-bond donors (Lipinski definition) is 4. The lowest BCUT2D eigenvalue weighted by molar-refractivity contribution is -0.692. The van der Waals surface area contributed by atoms with Crippen LogP contribution in [-0.4, -0.2) is 26.7 Å². The molecule has 0 aromatic carbocycles. The van der Waals surface area contributed by atoms with Crippen LogP contribution in [0.3, 0.4) is 0 Å². The molecule has 1 saturated carbocycles. The molecule has 1 fully saturated rings. The van der Waals surface area contributed by atoms with E-state index in [0.717, 1.165) is 17.4 Å². The summed E-state index contributed by atoms with van der Waals surface area (Å²) in [5.74, 6) is -0.911. The molecule has 0 bridgehead atoms. The molecular formula is C15H21ClN5O3+. The highest BCUT2D eigenvalue weighted by Gasteiger charge is 2.36. The maximum absolute atomic E-state index is 12.7. The van der Waals surface area contributed by atoms with Gasteiger partial charge in [0.05, 0.1) is 6.54 Å². The van der Waals surface area contributed by atoms with Gasteiger partial charge in [0.25, 0.3) is 5.91 Å². The van der Waals surface area contributed by atoms with Crippen LogP contribution in [0.2, 0.25) is 5.02 Å². The molecule has 2 aromatic heterocycles. The van der Waals surface area contributed by atoms with Crippen molar-refractivity contribution in [2.45, 2.75) is 46.2 Å². The minimum absolute atomic E-state index is 0.0605. The van der Waals surface area contributed by atoms with E-state index in [4.69, 9.17) is 17.3 Å². The predicted octanol–water partition coefficient (Wildman–Crippen LogP) is 0.795. The van der Waals surface area contributed by atoms with E-state index < -0.39 is 17.3 Å². The van der Waals surface area contributed by atoms with E-state index in [2.05, 4.69) is 10.4 Å². The number of aromatic amines is 1. The highest BCUT2D eigenvalue weighted by molar-refractivity contribution is 6.35. The molecule has 9 heteroatoms. The fourth-order valence-electron chi connectivity index (χ4n) is 2.58. The van der Waals surface area contributed by atoms with Gasteiger partial charge in [-0.1, -0.05) is 36.9 Å². The van der Waals surface area contributed by atoms with Crippen molar-refractivity contribution < 1.29 is 14.5 Å². The molecule has 3 rings (SSSR count). The van der Waals surface area contributed by atoms with Crippen molar-refractivity contribution in [3.63, 3.8) is 0 Å². The predicted molar refractivity (Wildman–Crippen MR) is 89.2 cm³/mol. The Balaban J connectivity index is 2.28. The Kier molecular flexibility index (Phi) is 3.75. The Morgan fingerprint density at radius 3 is 2.67 bits per heavy atom. The number of carbonyl (C=O) groups is 1. The zero-order valence-electron chi connectivity index (χ0n) is 13.8. The standard InChI is InChI=1S/C15H20ClN5O3/c1-15(2,3)6-20-12-9(16)10(17)19-21(12)14(24)8(13(20)23)11(22)18-7-4-5-7/h7H,4-6H2,1-3H3,(H4,17,18,19,22,23,24)/p+1. The van der Waals surface area contributed by atoms with E-state index in [1.807, 2.05) is 20.8 Å². The van der Waals surface area contributed by atoms with Crippen molar-refractivity contribution in [2.75, 3.05) is 5.73 Å². The van der Waals surface area contributed by atoms with Crippen LogP contribution in [0.5, 0.6) is 5.88 Å². The van der Waals surface area contributed by atoms with Gasteiger partial charge in [-0.3, -0.25) is 4.79 Å². The number of halogens is 1. The van der Waals surface area contributed by atoms with Gasteiger partial charge in [0.2, 0.25) is 5.56 Å². The second-order valence-electron chi connectivity index (χ2n) is 7.40. The van der Waals surface area contributed by atoms with Gasteiger partial charge in [-0.2, -0.15) is 4.57 Å². The van der Waals surface area contributed by atoms with Gasteiger partial charge >= 0.3 is 17.1 Å². The maximum atomic E-state index is 12.7. The Morgan fingerprint density at radius 2 is 2.12 bits per heavy atom. The van der Waals surface area contributed by atoms with E-state index in [0.29, 0.717) is 6.54 Å². The number of hydrogen-bond acceptors (Lipinski definition) is 4. The monoisotopic (exact) mass is 354 g/mol. The molecule has 0 unspecified atom stereocenters. The number of rotatable bonds is 3. The second-order valence-corrected chi connectivity index (χ2v) is 7.77. The Morgan fingerprint density at radius 1 is 1.50 bits per heavy atom. The summed E-state index contributed by atoms with van der Waals surface area (Å²) in [6.45, 7) is 6.24. The van der Waals surface area contributed by atoms with Gasteiger partial charge in [-0.15, -0.1) is 0 Å². The van der Waals surface area contributed by atoms with Crippen LogP contribution < -0.4 is 21.2 Å². The third kappa shape index (κ3) is 2.82. The zero-order chi connectivity index (χ0) is 17.8. The number of H-pyrrole nitrogens is 1. The third-order valence-electron chi connectivity index (χ3n) is 3.80. The Labute approximate surface area is 143 Å². The van der Waals surface area contributed by atoms with Crippen LogP contribution in [0.15, 0.2) is 4.79 Å². The fourth-order valence-corrected chi connectivity index (χ4v) is 2.81. The highest BCUT2D eigenvalue weighted by atomic mass is 35.5. The van der Waals surface area contributed by atoms with Gasteiger partial charge < -0.3 is 16.2 Å². The molecule has 24 heavy (non-hydrogen) atoms. The molecule has 0 radical (unpaired) electrons. The molecule has 130 valence electrons. The number of aromatic hydroxyl groups is 1. The summed E-state index contributed by atoms with van der Waals surface area (Å²) in [5, 5.41) is 16.1. The average Bonchev–Trinajstić information content (AvgIpc) is 3.20. The van der Waals surface area contributed by atoms with Crippen LogP contribution in [0, 0.1) is 5.41 Å². The van der Waals surface area contributed by atoms with Crippen molar-refractivity contribution in [1.82, 2.24) is 14.9 Å². The van der Waals surface area contributed by atoms with Gasteiger partial charge in [0.1, 0.15) is 0 Å². The fraction of sp³-hybridized carbons (Fsp3) is 0.533. The lowest BCUT2D eigenvalue weighted by Crippen LogP contribution is -2.47. The van der Waals surface area contributed by atoms with E-state index in [-0.39, 0.29) is 33.5 Å². The topological polar surface area (TPSA) is 116 Å². The van der Waals surface area contributed by atoms with Gasteiger partial charge in [0, 0.05) is 6.04 Å². The number of nitrogens with zero attached hydrogens (tertiary/aromatic N) is 2. The summed E-state index contributed by atoms with van der Waals surface area (Å²) in [7, 11) is 0. The molecule has 1 aliphatic rings. The van der Waals surface area contributed by atoms with Gasteiger partial charge in [-0.25, -0.2) is 9.89 Å². The molecule has 8 nitrogen and oxygen atoms in total. The largest absolute Gasteiger partial charge is 0.477 e. The summed E-state index contributed by atoms with van der Waals surface area (Å²) in [5.41, 5.74) is 4.76. The lowest BCUT2D eigenvalue weighted by Gasteiger charge is -2.18. The number of amides is 1. The van der Waals surface area contributed by atoms with E-state index in [1.54, 1.807) is 0 Å². The van der Waals surface area contributed by atoms with Crippen molar-refractivity contribution >= 4 is 29.0 Å². The van der Waals surface area contributed by atoms with Gasteiger partial charge in [0.15, 0.2) is 10.8 Å². The number of anilines is 1. The normalized spacial score (nSPS) is 15.0. The summed E-state index contributed by atoms with van der Waals surface area (Å²) >= 11 is 6.20. The summed E-state index contributed by atoms with van der Waals surface area (Å²) in [6, 6.07) is 0.0605. The van der Waals surface area contributed by atoms with Gasteiger partial charge in [-0.05, 0) is 18.3 Å². The van der Waals surface area contributed by atoms with Crippen LogP contribution in [0.4, 0.5) is 5.82 Å². The van der Waals surface area contributed by atoms with E-state index >= 15 is 0 Å². The third-order valence-corrected chi connectivity index (χ3v) is 4.17.